The van der Waals surface area contributed by atoms with Gasteiger partial charge in [0.25, 0.3) is 0 Å². The molecule has 2 aliphatic carbocycles. The molecule has 0 aromatic heterocycles. The number of rotatable bonds is 6. The zero-order valence-corrected chi connectivity index (χ0v) is 32.8. The monoisotopic (exact) mass is 713 g/mol. The molecule has 0 N–H and O–H groups in total. The van der Waals surface area contributed by atoms with Crippen LogP contribution in [-0.2, 0) is 15.6 Å². The van der Waals surface area contributed by atoms with E-state index in [-0.39, 0.29) is 7.25 Å². The van der Waals surface area contributed by atoms with Crippen LogP contribution in [0.5, 0.6) is 0 Å². The van der Waals surface area contributed by atoms with Gasteiger partial charge in [-0.2, -0.15) is 0 Å². The average molecular weight is 716 g/mol. The van der Waals surface area contributed by atoms with Gasteiger partial charge in [0.05, 0.1) is 0 Å². The number of aryl methyl sites for hydroxylation is 2. The molecule has 4 aromatic rings. The molecule has 4 aromatic carbocycles. The van der Waals surface area contributed by atoms with Crippen LogP contribution in [0.4, 0.5) is 0 Å². The molecule has 4 heteroatoms. The Hall–Kier alpha value is -1.96. The van der Waals surface area contributed by atoms with Gasteiger partial charge in [-0.05, 0) is 0 Å². The van der Waals surface area contributed by atoms with E-state index in [0.717, 1.165) is 0 Å². The Balaban J connectivity index is 1.62. The third kappa shape index (κ3) is 4.69. The van der Waals surface area contributed by atoms with Gasteiger partial charge in [-0.1, -0.05) is 0 Å². The molecule has 0 radical (unpaired) electrons. The number of allylic oxidation sites excluding steroid dienone is 2. The van der Waals surface area contributed by atoms with Crippen molar-refractivity contribution in [2.45, 2.75) is 68.8 Å². The van der Waals surface area contributed by atoms with Crippen molar-refractivity contribution in [2.75, 3.05) is 0 Å². The molecule has 0 saturated heterocycles. The Kier molecular flexibility index (Phi) is 8.28. The summed E-state index contributed by atoms with van der Waals surface area (Å²) in [5.41, 5.74) is 18.7. The van der Waals surface area contributed by atoms with Crippen LogP contribution in [0.25, 0.3) is 34.4 Å². The molecule has 0 saturated carbocycles. The molecule has 0 amide bonds. The van der Waals surface area contributed by atoms with Gasteiger partial charge in [0.2, 0.25) is 0 Å². The van der Waals surface area contributed by atoms with E-state index in [2.05, 4.69) is 147 Å². The second-order valence-electron chi connectivity index (χ2n) is 14.0. The quantitative estimate of drug-likeness (QED) is 0.174. The Labute approximate surface area is 274 Å². The molecule has 2 unspecified atom stereocenters. The van der Waals surface area contributed by atoms with Crippen molar-refractivity contribution in [1.82, 2.24) is 0 Å². The molecular formula is C40H45Cl2SiZr. The second-order valence-corrected chi connectivity index (χ2v) is 56.6. The standard InChI is InChI=1S/C20H21.C18H17.C2H7Si.2ClH.Zr/c1-12-10-19-14(3)7-9-18(20(19)11-12)17-8-6-13(2)15(4)16(17)5;1-13(2)16-11-15-9-6-10-17(18(15)12-16)14-7-4-3-5-8-14;1-3-2;;;/h6-11H,1-5H3;3-13H,1-2H3;3H,1-2H3;2*1H;/q;;;;;+2/p-2. The summed E-state index contributed by atoms with van der Waals surface area (Å²) in [7, 11) is 17.3. The van der Waals surface area contributed by atoms with Gasteiger partial charge < -0.3 is 0 Å². The van der Waals surface area contributed by atoms with Crippen LogP contribution in [0.2, 0.25) is 13.1 Å². The number of halogens is 2. The number of fused-ring (bicyclic) bond motifs is 2. The number of benzene rings is 4. The van der Waals surface area contributed by atoms with Gasteiger partial charge in [0.1, 0.15) is 0 Å². The molecule has 0 fully saturated rings. The molecule has 0 bridgehead atoms. The predicted molar refractivity (Wildman–Crippen MR) is 195 cm³/mol. The fourth-order valence-corrected chi connectivity index (χ4v) is 40.5. The summed E-state index contributed by atoms with van der Waals surface area (Å²) in [5, 5.41) is 0. The van der Waals surface area contributed by atoms with Crippen LogP contribution in [-0.4, -0.2) is 5.92 Å². The summed E-state index contributed by atoms with van der Waals surface area (Å²) in [6, 6.07) is 26.8. The van der Waals surface area contributed by atoms with Crippen molar-refractivity contribution in [3.63, 3.8) is 0 Å². The van der Waals surface area contributed by atoms with Crippen LogP contribution in [0.15, 0.2) is 83.9 Å². The molecule has 44 heavy (non-hydrogen) atoms. The molecule has 227 valence electrons. The van der Waals surface area contributed by atoms with Crippen molar-refractivity contribution in [1.29, 1.82) is 0 Å². The Morgan fingerprint density at radius 3 is 1.95 bits per heavy atom. The van der Waals surface area contributed by atoms with Gasteiger partial charge in [-0.3, -0.25) is 0 Å². The van der Waals surface area contributed by atoms with Gasteiger partial charge >= 0.3 is 276 Å². The third-order valence-electron chi connectivity index (χ3n) is 11.0. The number of hydrogen-bond acceptors (Lipinski definition) is 0. The van der Waals surface area contributed by atoms with Crippen LogP contribution < -0.4 is 0 Å². The fraction of sp³-hybridized carbons (Fsp3) is 0.300. The van der Waals surface area contributed by atoms with E-state index < -0.39 is 21.5 Å². The molecule has 0 aliphatic heterocycles. The first-order chi connectivity index (χ1) is 20.8. The minimum absolute atomic E-state index is 0.0896. The summed E-state index contributed by atoms with van der Waals surface area (Å²) in [5.74, 6) is -1.27. The Morgan fingerprint density at radius 1 is 0.636 bits per heavy atom. The van der Waals surface area contributed by atoms with Crippen molar-refractivity contribution in [3.8, 4) is 22.3 Å². The molecule has 2 atom stereocenters. The topological polar surface area (TPSA) is 0 Å². The van der Waals surface area contributed by atoms with E-state index in [1.165, 1.54) is 77.9 Å². The Bertz CT molecular complexity index is 1860. The maximum absolute atomic E-state index is 8.63. The maximum atomic E-state index is 8.63. The van der Waals surface area contributed by atoms with Crippen LogP contribution in [0.1, 0.15) is 72.5 Å². The van der Waals surface area contributed by atoms with Gasteiger partial charge in [-0.15, -0.1) is 0 Å². The Morgan fingerprint density at radius 2 is 1.30 bits per heavy atom. The SMILES string of the molecule is CC1=Cc2c(-c3ccc(C)c(C)c3C)ccc(C)c2[CH]1[Zr]([Cl])([Cl])([CH]1C(C(C)C)=Cc2c(-c3ccccc3)cccc21)[SiH](C)C. The van der Waals surface area contributed by atoms with E-state index >= 15 is 0 Å². The summed E-state index contributed by atoms with van der Waals surface area (Å²) in [6.45, 7) is 20.8. The molecule has 0 heterocycles. The van der Waals surface area contributed by atoms with Crippen LogP contribution >= 0.6 is 17.0 Å². The summed E-state index contributed by atoms with van der Waals surface area (Å²) >= 11 is -4.82. The third-order valence-corrected chi connectivity index (χ3v) is 62.9. The van der Waals surface area contributed by atoms with E-state index in [4.69, 9.17) is 17.0 Å². The fourth-order valence-electron chi connectivity index (χ4n) is 8.26. The molecule has 2 aliphatic rings. The van der Waals surface area contributed by atoms with Crippen molar-refractivity contribution < 1.29 is 15.6 Å². The van der Waals surface area contributed by atoms with Gasteiger partial charge in [0, 0.05) is 0 Å². The zero-order valence-electron chi connectivity index (χ0n) is 27.6. The van der Waals surface area contributed by atoms with Gasteiger partial charge in [0.15, 0.2) is 0 Å². The molecular weight excluding hydrogens is 671 g/mol. The van der Waals surface area contributed by atoms with Crippen LogP contribution in [0.3, 0.4) is 0 Å². The summed E-state index contributed by atoms with van der Waals surface area (Å²) in [4.78, 5) is 0. The average Bonchev–Trinajstić information content (AvgIpc) is 3.57. The molecule has 6 rings (SSSR count). The van der Waals surface area contributed by atoms with E-state index in [9.17, 15) is 0 Å². The predicted octanol–water partition coefficient (Wildman–Crippen LogP) is 12.5. The molecule has 0 nitrogen and oxygen atoms in total. The van der Waals surface area contributed by atoms with E-state index in [0.29, 0.717) is 5.92 Å². The normalized spacial score (nSPS) is 18.6. The first-order valence-electron chi connectivity index (χ1n) is 16.1. The van der Waals surface area contributed by atoms with Crippen LogP contribution in [0, 0.1) is 33.6 Å². The first-order valence-corrected chi connectivity index (χ1v) is 32.4. The molecule has 0 spiro atoms. The van der Waals surface area contributed by atoms with Crippen molar-refractivity contribution in [2.24, 2.45) is 5.92 Å². The number of hydrogen-bond donors (Lipinski definition) is 0. The summed E-state index contributed by atoms with van der Waals surface area (Å²) in [6.07, 6.45) is 4.92. The van der Waals surface area contributed by atoms with E-state index in [1.807, 2.05) is 0 Å². The summed E-state index contributed by atoms with van der Waals surface area (Å²) < 4.78 is 0.183. The van der Waals surface area contributed by atoms with Gasteiger partial charge in [-0.25, -0.2) is 0 Å². The zero-order chi connectivity index (χ0) is 31.7. The minimum atomic E-state index is -4.82. The van der Waals surface area contributed by atoms with E-state index in [1.54, 1.807) is 0 Å². The van der Waals surface area contributed by atoms with Crippen molar-refractivity contribution in [3.05, 3.63) is 128 Å². The first kappa shape index (κ1) is 32.0. The second kappa shape index (κ2) is 11.4. The van der Waals surface area contributed by atoms with Crippen molar-refractivity contribution >= 4 is 35.1 Å².